The van der Waals surface area contributed by atoms with Crippen molar-refractivity contribution in [3.63, 3.8) is 0 Å². The number of para-hydroxylation sites is 1. The van der Waals surface area contributed by atoms with Crippen molar-refractivity contribution in [3.05, 3.63) is 36.0 Å². The number of amides is 2. The molecule has 0 saturated carbocycles. The maximum atomic E-state index is 13.0. The van der Waals surface area contributed by atoms with Crippen LogP contribution in [-0.2, 0) is 27.7 Å². The summed E-state index contributed by atoms with van der Waals surface area (Å²) in [6, 6.07) is 7.33. The SMILES string of the molecule is Cn1cc(CC(NC(=O)OC(C)(C)C)C(=O)NCC2CCOCC2)c2ccccc21. The molecule has 2 amide bonds. The zero-order valence-corrected chi connectivity index (χ0v) is 18.4. The first-order chi connectivity index (χ1) is 14.2. The van der Waals surface area contributed by atoms with Gasteiger partial charge in [0.15, 0.2) is 0 Å². The second-order valence-electron chi connectivity index (χ2n) is 8.99. The summed E-state index contributed by atoms with van der Waals surface area (Å²) >= 11 is 0. The van der Waals surface area contributed by atoms with E-state index in [1.54, 1.807) is 20.8 Å². The van der Waals surface area contributed by atoms with Gasteiger partial charge in [0.1, 0.15) is 11.6 Å². The van der Waals surface area contributed by atoms with Crippen molar-refractivity contribution in [3.8, 4) is 0 Å². The molecule has 164 valence electrons. The average molecular weight is 416 g/mol. The molecular weight excluding hydrogens is 382 g/mol. The maximum absolute atomic E-state index is 13.0. The van der Waals surface area contributed by atoms with E-state index < -0.39 is 17.7 Å². The van der Waals surface area contributed by atoms with Gasteiger partial charge in [0, 0.05) is 50.3 Å². The number of benzene rings is 1. The molecule has 2 aromatic rings. The van der Waals surface area contributed by atoms with Crippen molar-refractivity contribution in [2.45, 2.75) is 51.7 Å². The molecule has 1 aromatic carbocycles. The first-order valence-corrected chi connectivity index (χ1v) is 10.6. The van der Waals surface area contributed by atoms with Crippen LogP contribution in [0.5, 0.6) is 0 Å². The predicted molar refractivity (Wildman–Crippen MR) is 116 cm³/mol. The lowest BCUT2D eigenvalue weighted by Crippen LogP contribution is -2.50. The van der Waals surface area contributed by atoms with Crippen LogP contribution in [0.3, 0.4) is 0 Å². The summed E-state index contributed by atoms with van der Waals surface area (Å²) in [6.07, 6.45) is 3.69. The minimum absolute atomic E-state index is 0.194. The summed E-state index contributed by atoms with van der Waals surface area (Å²) in [5.74, 6) is 0.211. The number of hydrogen-bond donors (Lipinski definition) is 2. The van der Waals surface area contributed by atoms with E-state index >= 15 is 0 Å². The van der Waals surface area contributed by atoms with E-state index in [0.717, 1.165) is 42.5 Å². The third-order valence-electron chi connectivity index (χ3n) is 5.32. The second-order valence-corrected chi connectivity index (χ2v) is 8.99. The average Bonchev–Trinajstić information content (AvgIpc) is 3.01. The van der Waals surface area contributed by atoms with E-state index in [1.165, 1.54) is 0 Å². The smallest absolute Gasteiger partial charge is 0.408 e. The number of alkyl carbamates (subject to hydrolysis) is 1. The van der Waals surface area contributed by atoms with Gasteiger partial charge in [0.2, 0.25) is 5.91 Å². The summed E-state index contributed by atoms with van der Waals surface area (Å²) in [5.41, 5.74) is 1.47. The normalized spacial score (nSPS) is 16.3. The van der Waals surface area contributed by atoms with Crippen LogP contribution in [0.1, 0.15) is 39.2 Å². The van der Waals surface area contributed by atoms with Gasteiger partial charge in [0.05, 0.1) is 0 Å². The molecule has 1 fully saturated rings. The Morgan fingerprint density at radius 2 is 1.93 bits per heavy atom. The van der Waals surface area contributed by atoms with Crippen LogP contribution in [0.15, 0.2) is 30.5 Å². The number of fused-ring (bicyclic) bond motifs is 1. The standard InChI is InChI=1S/C23H33N3O4/c1-23(2,3)30-22(28)25-19(21(27)24-14-16-9-11-29-12-10-16)13-17-15-26(4)20-8-6-5-7-18(17)20/h5-8,15-16,19H,9-14H2,1-4H3,(H,24,27)(H,25,28). The molecule has 7 heteroatoms. The molecule has 7 nitrogen and oxygen atoms in total. The van der Waals surface area contributed by atoms with Crippen LogP contribution >= 0.6 is 0 Å². The van der Waals surface area contributed by atoms with E-state index in [9.17, 15) is 9.59 Å². The topological polar surface area (TPSA) is 81.6 Å². The van der Waals surface area contributed by atoms with Gasteiger partial charge in [-0.1, -0.05) is 18.2 Å². The first-order valence-electron chi connectivity index (χ1n) is 10.6. The molecule has 1 aliphatic rings. The maximum Gasteiger partial charge on any atom is 0.408 e. The van der Waals surface area contributed by atoms with E-state index in [1.807, 2.05) is 42.1 Å². The lowest BCUT2D eigenvalue weighted by molar-refractivity contribution is -0.123. The van der Waals surface area contributed by atoms with Crippen molar-refractivity contribution in [1.82, 2.24) is 15.2 Å². The van der Waals surface area contributed by atoms with Crippen molar-refractivity contribution in [2.24, 2.45) is 13.0 Å². The number of aryl methyl sites for hydroxylation is 1. The van der Waals surface area contributed by atoms with Crippen LogP contribution in [0.4, 0.5) is 4.79 Å². The van der Waals surface area contributed by atoms with Crippen LogP contribution < -0.4 is 10.6 Å². The first kappa shape index (κ1) is 22.2. The van der Waals surface area contributed by atoms with Crippen LogP contribution in [0, 0.1) is 5.92 Å². The number of ether oxygens (including phenoxy) is 2. The van der Waals surface area contributed by atoms with Crippen molar-refractivity contribution in [1.29, 1.82) is 0 Å². The minimum atomic E-state index is -0.717. The van der Waals surface area contributed by atoms with Crippen LogP contribution in [0.25, 0.3) is 10.9 Å². The van der Waals surface area contributed by atoms with Gasteiger partial charge in [-0.2, -0.15) is 0 Å². The largest absolute Gasteiger partial charge is 0.444 e. The van der Waals surface area contributed by atoms with E-state index in [4.69, 9.17) is 9.47 Å². The summed E-state index contributed by atoms with van der Waals surface area (Å²) < 4.78 is 12.8. The third kappa shape index (κ3) is 5.98. The Labute approximate surface area is 178 Å². The number of carbonyl (C=O) groups is 2. The third-order valence-corrected chi connectivity index (χ3v) is 5.32. The lowest BCUT2D eigenvalue weighted by Gasteiger charge is -2.25. The zero-order chi connectivity index (χ0) is 21.7. The molecule has 1 atom stereocenters. The molecule has 0 spiro atoms. The highest BCUT2D eigenvalue weighted by atomic mass is 16.6. The van der Waals surface area contributed by atoms with Gasteiger partial charge in [-0.3, -0.25) is 4.79 Å². The number of carbonyl (C=O) groups excluding carboxylic acids is 2. The van der Waals surface area contributed by atoms with Crippen molar-refractivity contribution in [2.75, 3.05) is 19.8 Å². The number of hydrogen-bond acceptors (Lipinski definition) is 4. The molecule has 0 radical (unpaired) electrons. The molecular formula is C23H33N3O4. The van der Waals surface area contributed by atoms with E-state index in [0.29, 0.717) is 18.9 Å². The molecule has 0 aliphatic carbocycles. The fraction of sp³-hybridized carbons (Fsp3) is 0.565. The Bertz CT molecular complexity index is 878. The highest BCUT2D eigenvalue weighted by Crippen LogP contribution is 2.22. The molecule has 3 rings (SSSR count). The number of nitrogens with zero attached hydrogens (tertiary/aromatic N) is 1. The number of rotatable bonds is 6. The fourth-order valence-electron chi connectivity index (χ4n) is 3.79. The molecule has 2 heterocycles. The van der Waals surface area contributed by atoms with Crippen LogP contribution in [0.2, 0.25) is 0 Å². The molecule has 1 saturated heterocycles. The molecule has 1 aromatic heterocycles. The van der Waals surface area contributed by atoms with Gasteiger partial charge in [-0.05, 0) is 51.2 Å². The molecule has 1 unspecified atom stereocenters. The minimum Gasteiger partial charge on any atom is -0.444 e. The highest BCUT2D eigenvalue weighted by molar-refractivity contribution is 5.88. The van der Waals surface area contributed by atoms with E-state index in [-0.39, 0.29) is 5.91 Å². The fourth-order valence-corrected chi connectivity index (χ4v) is 3.79. The lowest BCUT2D eigenvalue weighted by atomic mass is 10.00. The Morgan fingerprint density at radius 1 is 1.23 bits per heavy atom. The van der Waals surface area contributed by atoms with Gasteiger partial charge in [-0.25, -0.2) is 4.79 Å². The number of nitrogens with one attached hydrogen (secondary N) is 2. The summed E-state index contributed by atoms with van der Waals surface area (Å²) in [7, 11) is 1.98. The zero-order valence-electron chi connectivity index (χ0n) is 18.4. The number of aromatic nitrogens is 1. The van der Waals surface area contributed by atoms with Gasteiger partial charge in [0.25, 0.3) is 0 Å². The van der Waals surface area contributed by atoms with Crippen molar-refractivity contribution < 1.29 is 19.1 Å². The van der Waals surface area contributed by atoms with Gasteiger partial charge >= 0.3 is 6.09 Å². The monoisotopic (exact) mass is 415 g/mol. The van der Waals surface area contributed by atoms with E-state index in [2.05, 4.69) is 10.6 Å². The Hall–Kier alpha value is -2.54. The Kier molecular flexibility index (Phi) is 7.02. The Morgan fingerprint density at radius 3 is 2.63 bits per heavy atom. The summed E-state index contributed by atoms with van der Waals surface area (Å²) in [6.45, 7) is 7.46. The Balaban J connectivity index is 1.73. The van der Waals surface area contributed by atoms with Gasteiger partial charge in [-0.15, -0.1) is 0 Å². The summed E-state index contributed by atoms with van der Waals surface area (Å²) in [5, 5.41) is 6.88. The molecule has 1 aliphatic heterocycles. The summed E-state index contributed by atoms with van der Waals surface area (Å²) in [4.78, 5) is 25.4. The quantitative estimate of drug-likeness (QED) is 0.759. The molecule has 2 N–H and O–H groups in total. The van der Waals surface area contributed by atoms with Gasteiger partial charge < -0.3 is 24.7 Å². The molecule has 30 heavy (non-hydrogen) atoms. The second kappa shape index (κ2) is 9.51. The van der Waals surface area contributed by atoms with Crippen molar-refractivity contribution >= 4 is 22.9 Å². The molecule has 0 bridgehead atoms. The van der Waals surface area contributed by atoms with Crippen LogP contribution in [-0.4, -0.2) is 48.0 Å². The predicted octanol–water partition coefficient (Wildman–Crippen LogP) is 3.16. The highest BCUT2D eigenvalue weighted by Gasteiger charge is 2.26.